The molecule has 0 aliphatic carbocycles. The van der Waals surface area contributed by atoms with Crippen molar-refractivity contribution in [3.63, 3.8) is 0 Å². The number of aryl methyl sites for hydroxylation is 1. The largest absolute Gasteiger partial charge is 0.366 e. The molecule has 70 valence electrons. The fourth-order valence-corrected chi connectivity index (χ4v) is 0.987. The van der Waals surface area contributed by atoms with Crippen LogP contribution in [0.4, 0.5) is 0 Å². The van der Waals surface area contributed by atoms with Gasteiger partial charge in [-0.25, -0.2) is 4.98 Å². The van der Waals surface area contributed by atoms with E-state index in [1.165, 1.54) is 0 Å². The SMILES string of the molecule is CC(C(N)=O)=C(C)c1c[nH]c(C)n1. The molecule has 0 bridgehead atoms. The summed E-state index contributed by atoms with van der Waals surface area (Å²) in [5, 5.41) is 0. The van der Waals surface area contributed by atoms with E-state index in [1.807, 2.05) is 13.8 Å². The van der Waals surface area contributed by atoms with Gasteiger partial charge in [0.15, 0.2) is 0 Å². The molecule has 3 N–H and O–H groups in total. The Bertz CT molecular complexity index is 363. The highest BCUT2D eigenvalue weighted by Gasteiger charge is 2.07. The Kier molecular flexibility index (Phi) is 2.51. The summed E-state index contributed by atoms with van der Waals surface area (Å²) in [6.45, 7) is 5.38. The zero-order chi connectivity index (χ0) is 10.0. The lowest BCUT2D eigenvalue weighted by molar-refractivity contribution is -0.114. The first-order valence-electron chi connectivity index (χ1n) is 4.02. The molecule has 0 spiro atoms. The van der Waals surface area contributed by atoms with Gasteiger partial charge in [0.05, 0.1) is 5.69 Å². The predicted octanol–water partition coefficient (Wildman–Crippen LogP) is 0.997. The molecule has 0 aliphatic heterocycles. The molecule has 0 fully saturated rings. The highest BCUT2D eigenvalue weighted by molar-refractivity contribution is 5.98. The van der Waals surface area contributed by atoms with E-state index in [4.69, 9.17) is 5.73 Å². The molecule has 0 aliphatic rings. The van der Waals surface area contributed by atoms with Crippen LogP contribution in [0.5, 0.6) is 0 Å². The number of carbonyl (C=O) groups is 1. The molecule has 0 radical (unpaired) electrons. The first kappa shape index (κ1) is 9.51. The third-order valence-corrected chi connectivity index (χ3v) is 2.02. The summed E-state index contributed by atoms with van der Waals surface area (Å²) in [5.41, 5.74) is 7.28. The molecule has 0 atom stereocenters. The van der Waals surface area contributed by atoms with Crippen molar-refractivity contribution in [2.45, 2.75) is 20.8 Å². The van der Waals surface area contributed by atoms with E-state index in [0.29, 0.717) is 5.57 Å². The van der Waals surface area contributed by atoms with E-state index < -0.39 is 5.91 Å². The van der Waals surface area contributed by atoms with Crippen LogP contribution in [0.15, 0.2) is 11.8 Å². The van der Waals surface area contributed by atoms with Crippen molar-refractivity contribution in [2.75, 3.05) is 0 Å². The number of nitrogens with two attached hydrogens (primary N) is 1. The predicted molar refractivity (Wildman–Crippen MR) is 50.8 cm³/mol. The molecule has 1 amide bonds. The van der Waals surface area contributed by atoms with Crippen molar-refractivity contribution in [3.05, 3.63) is 23.3 Å². The summed E-state index contributed by atoms with van der Waals surface area (Å²) in [5.74, 6) is 0.421. The molecular weight excluding hydrogens is 166 g/mol. The van der Waals surface area contributed by atoms with Gasteiger partial charge in [-0.15, -0.1) is 0 Å². The second-order valence-electron chi connectivity index (χ2n) is 2.99. The van der Waals surface area contributed by atoms with Crippen LogP contribution in [0.3, 0.4) is 0 Å². The van der Waals surface area contributed by atoms with Gasteiger partial charge in [0.2, 0.25) is 5.91 Å². The van der Waals surface area contributed by atoms with Crippen LogP contribution in [-0.2, 0) is 4.79 Å². The van der Waals surface area contributed by atoms with Crippen LogP contribution in [-0.4, -0.2) is 15.9 Å². The van der Waals surface area contributed by atoms with Crippen molar-refractivity contribution < 1.29 is 4.79 Å². The lowest BCUT2D eigenvalue weighted by Crippen LogP contribution is -2.12. The number of allylic oxidation sites excluding steroid dienone is 1. The molecule has 1 aromatic rings. The maximum absolute atomic E-state index is 10.8. The molecule has 4 nitrogen and oxygen atoms in total. The number of hydrogen-bond donors (Lipinski definition) is 2. The van der Waals surface area contributed by atoms with Gasteiger partial charge in [-0.2, -0.15) is 0 Å². The third kappa shape index (κ3) is 1.96. The standard InChI is InChI=1S/C9H13N3O/c1-5(6(2)9(10)13)8-4-11-7(3)12-8/h4H,1-3H3,(H2,10,13)(H,11,12). The summed E-state index contributed by atoms with van der Waals surface area (Å²) in [4.78, 5) is 18.0. The monoisotopic (exact) mass is 179 g/mol. The molecule has 0 aromatic carbocycles. The van der Waals surface area contributed by atoms with Crippen LogP contribution in [0, 0.1) is 6.92 Å². The number of amides is 1. The Labute approximate surface area is 76.9 Å². The van der Waals surface area contributed by atoms with E-state index in [9.17, 15) is 4.79 Å². The van der Waals surface area contributed by atoms with Gasteiger partial charge in [0.25, 0.3) is 0 Å². The van der Waals surface area contributed by atoms with Gasteiger partial charge in [0.1, 0.15) is 5.82 Å². The van der Waals surface area contributed by atoms with Crippen molar-refractivity contribution in [1.82, 2.24) is 9.97 Å². The Morgan fingerprint density at radius 1 is 1.54 bits per heavy atom. The van der Waals surface area contributed by atoms with Crippen LogP contribution >= 0.6 is 0 Å². The summed E-state index contributed by atoms with van der Waals surface area (Å²) in [6.07, 6.45) is 1.76. The Morgan fingerprint density at radius 2 is 2.15 bits per heavy atom. The molecule has 0 saturated carbocycles. The van der Waals surface area contributed by atoms with Crippen molar-refractivity contribution >= 4 is 11.5 Å². The minimum absolute atomic E-state index is 0.404. The van der Waals surface area contributed by atoms with Gasteiger partial charge in [0, 0.05) is 11.8 Å². The molecular formula is C9H13N3O. The summed E-state index contributed by atoms with van der Waals surface area (Å²) >= 11 is 0. The Morgan fingerprint density at radius 3 is 2.54 bits per heavy atom. The number of primary amides is 1. The number of aromatic nitrogens is 2. The second kappa shape index (κ2) is 3.43. The van der Waals surface area contributed by atoms with Crippen LogP contribution in [0.2, 0.25) is 0 Å². The Hall–Kier alpha value is -1.58. The van der Waals surface area contributed by atoms with E-state index in [1.54, 1.807) is 13.1 Å². The third-order valence-electron chi connectivity index (χ3n) is 2.02. The van der Waals surface area contributed by atoms with Crippen LogP contribution in [0.25, 0.3) is 5.57 Å². The number of rotatable bonds is 2. The molecule has 4 heteroatoms. The quantitative estimate of drug-likeness (QED) is 0.665. The average Bonchev–Trinajstić information content (AvgIpc) is 2.49. The van der Waals surface area contributed by atoms with Crippen molar-refractivity contribution in [3.8, 4) is 0 Å². The molecule has 0 saturated heterocycles. The lowest BCUT2D eigenvalue weighted by atomic mass is 10.1. The van der Waals surface area contributed by atoms with E-state index >= 15 is 0 Å². The normalized spacial score (nSPS) is 12.5. The van der Waals surface area contributed by atoms with E-state index in [2.05, 4.69) is 9.97 Å². The molecule has 0 unspecified atom stereocenters. The van der Waals surface area contributed by atoms with Gasteiger partial charge in [-0.1, -0.05) is 0 Å². The first-order chi connectivity index (χ1) is 6.02. The van der Waals surface area contributed by atoms with E-state index in [0.717, 1.165) is 17.1 Å². The van der Waals surface area contributed by atoms with Gasteiger partial charge >= 0.3 is 0 Å². The number of aromatic amines is 1. The fraction of sp³-hybridized carbons (Fsp3) is 0.333. The van der Waals surface area contributed by atoms with Crippen molar-refractivity contribution in [1.29, 1.82) is 0 Å². The van der Waals surface area contributed by atoms with E-state index in [-0.39, 0.29) is 0 Å². The van der Waals surface area contributed by atoms with Crippen molar-refractivity contribution in [2.24, 2.45) is 5.73 Å². The average molecular weight is 179 g/mol. The summed E-state index contributed by atoms with van der Waals surface area (Å²) in [7, 11) is 0. The number of imidazole rings is 1. The molecule has 13 heavy (non-hydrogen) atoms. The second-order valence-corrected chi connectivity index (χ2v) is 2.99. The van der Waals surface area contributed by atoms with Gasteiger partial charge in [-0.05, 0) is 26.3 Å². The fourth-order valence-electron chi connectivity index (χ4n) is 0.987. The number of hydrogen-bond acceptors (Lipinski definition) is 2. The van der Waals surface area contributed by atoms with Crippen LogP contribution < -0.4 is 5.73 Å². The number of nitrogens with zero attached hydrogens (tertiary/aromatic N) is 1. The Balaban J connectivity index is 3.09. The molecule has 1 heterocycles. The van der Waals surface area contributed by atoms with Gasteiger partial charge in [-0.3, -0.25) is 4.79 Å². The zero-order valence-electron chi connectivity index (χ0n) is 8.01. The smallest absolute Gasteiger partial charge is 0.244 e. The lowest BCUT2D eigenvalue weighted by Gasteiger charge is -1.99. The number of carbonyl (C=O) groups excluding carboxylic acids is 1. The molecule has 1 rings (SSSR count). The first-order valence-corrected chi connectivity index (χ1v) is 4.02. The highest BCUT2D eigenvalue weighted by Crippen LogP contribution is 2.15. The minimum Gasteiger partial charge on any atom is -0.366 e. The minimum atomic E-state index is -0.404. The summed E-state index contributed by atoms with van der Waals surface area (Å²) < 4.78 is 0. The zero-order valence-corrected chi connectivity index (χ0v) is 8.01. The number of H-pyrrole nitrogens is 1. The maximum atomic E-state index is 10.8. The topological polar surface area (TPSA) is 71.8 Å². The van der Waals surface area contributed by atoms with Gasteiger partial charge < -0.3 is 10.7 Å². The summed E-state index contributed by atoms with van der Waals surface area (Å²) in [6, 6.07) is 0. The molecule has 1 aromatic heterocycles. The highest BCUT2D eigenvalue weighted by atomic mass is 16.1. The van der Waals surface area contributed by atoms with Crippen LogP contribution in [0.1, 0.15) is 25.4 Å². The number of nitrogens with one attached hydrogen (secondary N) is 1. The maximum Gasteiger partial charge on any atom is 0.244 e.